The van der Waals surface area contributed by atoms with Crippen LogP contribution in [-0.2, 0) is 12.8 Å². The van der Waals surface area contributed by atoms with Crippen molar-refractivity contribution < 1.29 is 4.39 Å². The number of halogens is 1. The minimum atomic E-state index is -0.148. The summed E-state index contributed by atoms with van der Waals surface area (Å²) in [6.07, 6.45) is 3.39. The second-order valence-electron chi connectivity index (χ2n) is 4.76. The standard InChI is InChI=1S/C16H15F/c17-16-9-7-13(8-10-16)15-6-5-12-3-1-2-4-14(12)11-15/h1-4,7-10,15H,5-6,11H2. The highest BCUT2D eigenvalue weighted by atomic mass is 19.1. The van der Waals surface area contributed by atoms with Crippen molar-refractivity contribution in [1.82, 2.24) is 0 Å². The Morgan fingerprint density at radius 1 is 0.882 bits per heavy atom. The van der Waals surface area contributed by atoms with Gasteiger partial charge in [0, 0.05) is 0 Å². The van der Waals surface area contributed by atoms with Crippen molar-refractivity contribution in [1.29, 1.82) is 0 Å². The molecule has 17 heavy (non-hydrogen) atoms. The van der Waals surface area contributed by atoms with E-state index in [1.54, 1.807) is 12.1 Å². The third-order valence-electron chi connectivity index (χ3n) is 3.69. The maximum absolute atomic E-state index is 12.9. The number of aryl methyl sites for hydroxylation is 1. The maximum Gasteiger partial charge on any atom is 0.123 e. The Morgan fingerprint density at radius 3 is 2.35 bits per heavy atom. The molecule has 0 spiro atoms. The van der Waals surface area contributed by atoms with Crippen LogP contribution >= 0.6 is 0 Å². The molecule has 1 unspecified atom stereocenters. The summed E-state index contributed by atoms with van der Waals surface area (Å²) >= 11 is 0. The van der Waals surface area contributed by atoms with Crippen LogP contribution in [0.5, 0.6) is 0 Å². The molecule has 0 amide bonds. The van der Waals surface area contributed by atoms with Crippen LogP contribution in [0.3, 0.4) is 0 Å². The Kier molecular flexibility index (Phi) is 2.68. The van der Waals surface area contributed by atoms with Crippen molar-refractivity contribution >= 4 is 0 Å². The molecule has 1 atom stereocenters. The quantitative estimate of drug-likeness (QED) is 0.686. The van der Waals surface area contributed by atoms with E-state index in [0.717, 1.165) is 12.8 Å². The lowest BCUT2D eigenvalue weighted by Crippen LogP contribution is -2.12. The first-order valence-electron chi connectivity index (χ1n) is 6.15. The first-order chi connectivity index (χ1) is 8.33. The van der Waals surface area contributed by atoms with E-state index in [9.17, 15) is 4.39 Å². The fourth-order valence-corrected chi connectivity index (χ4v) is 2.72. The number of hydrogen-bond acceptors (Lipinski definition) is 0. The van der Waals surface area contributed by atoms with Gasteiger partial charge in [-0.05, 0) is 54.0 Å². The average Bonchev–Trinajstić information content (AvgIpc) is 2.39. The lowest BCUT2D eigenvalue weighted by Gasteiger charge is -2.24. The van der Waals surface area contributed by atoms with E-state index in [1.165, 1.54) is 23.1 Å². The van der Waals surface area contributed by atoms with Gasteiger partial charge in [-0.25, -0.2) is 4.39 Å². The Morgan fingerprint density at radius 2 is 1.59 bits per heavy atom. The summed E-state index contributed by atoms with van der Waals surface area (Å²) in [5, 5.41) is 0. The van der Waals surface area contributed by atoms with Gasteiger partial charge in [0.2, 0.25) is 0 Å². The van der Waals surface area contributed by atoms with Crippen LogP contribution in [0.15, 0.2) is 48.5 Å². The molecule has 0 heterocycles. The van der Waals surface area contributed by atoms with Crippen LogP contribution in [0.25, 0.3) is 0 Å². The number of fused-ring (bicyclic) bond motifs is 1. The highest BCUT2D eigenvalue weighted by Crippen LogP contribution is 2.32. The molecule has 1 aliphatic carbocycles. The maximum atomic E-state index is 12.9. The van der Waals surface area contributed by atoms with Gasteiger partial charge in [0.15, 0.2) is 0 Å². The molecular formula is C16H15F. The zero-order chi connectivity index (χ0) is 11.7. The van der Waals surface area contributed by atoms with Crippen LogP contribution in [0.1, 0.15) is 29.0 Å². The van der Waals surface area contributed by atoms with Gasteiger partial charge >= 0.3 is 0 Å². The predicted octanol–water partition coefficient (Wildman–Crippen LogP) is 4.10. The molecule has 0 radical (unpaired) electrons. The molecule has 0 bridgehead atoms. The molecule has 0 fully saturated rings. The van der Waals surface area contributed by atoms with Gasteiger partial charge < -0.3 is 0 Å². The van der Waals surface area contributed by atoms with Gasteiger partial charge in [-0.15, -0.1) is 0 Å². The van der Waals surface area contributed by atoms with Crippen LogP contribution in [-0.4, -0.2) is 0 Å². The molecule has 0 aromatic heterocycles. The summed E-state index contributed by atoms with van der Waals surface area (Å²) < 4.78 is 12.9. The second-order valence-corrected chi connectivity index (χ2v) is 4.76. The Labute approximate surface area is 101 Å². The molecule has 1 heteroatoms. The van der Waals surface area contributed by atoms with E-state index < -0.39 is 0 Å². The topological polar surface area (TPSA) is 0 Å². The van der Waals surface area contributed by atoms with Crippen molar-refractivity contribution in [2.75, 3.05) is 0 Å². The zero-order valence-electron chi connectivity index (χ0n) is 9.70. The average molecular weight is 226 g/mol. The monoisotopic (exact) mass is 226 g/mol. The van der Waals surface area contributed by atoms with E-state index in [0.29, 0.717) is 5.92 Å². The van der Waals surface area contributed by atoms with E-state index in [4.69, 9.17) is 0 Å². The summed E-state index contributed by atoms with van der Waals surface area (Å²) in [5.41, 5.74) is 4.19. The van der Waals surface area contributed by atoms with Gasteiger partial charge in [-0.1, -0.05) is 36.4 Å². The fourth-order valence-electron chi connectivity index (χ4n) is 2.72. The summed E-state index contributed by atoms with van der Waals surface area (Å²) in [5.74, 6) is 0.399. The van der Waals surface area contributed by atoms with Gasteiger partial charge in [0.25, 0.3) is 0 Å². The molecule has 0 saturated carbocycles. The van der Waals surface area contributed by atoms with E-state index >= 15 is 0 Å². The van der Waals surface area contributed by atoms with Crippen LogP contribution < -0.4 is 0 Å². The second kappa shape index (κ2) is 4.33. The molecule has 3 rings (SSSR count). The first-order valence-corrected chi connectivity index (χ1v) is 6.15. The lowest BCUT2D eigenvalue weighted by molar-refractivity contribution is 0.580. The van der Waals surface area contributed by atoms with E-state index in [-0.39, 0.29) is 5.82 Å². The summed E-state index contributed by atoms with van der Waals surface area (Å²) in [6, 6.07) is 15.6. The van der Waals surface area contributed by atoms with E-state index in [2.05, 4.69) is 24.3 Å². The van der Waals surface area contributed by atoms with Crippen molar-refractivity contribution in [3.8, 4) is 0 Å². The van der Waals surface area contributed by atoms with Crippen LogP contribution in [0.4, 0.5) is 4.39 Å². The Bertz CT molecular complexity index is 513. The van der Waals surface area contributed by atoms with Gasteiger partial charge in [-0.2, -0.15) is 0 Å². The number of rotatable bonds is 1. The summed E-state index contributed by atoms with van der Waals surface area (Å²) in [4.78, 5) is 0. The first kappa shape index (κ1) is 10.5. The normalized spacial score (nSPS) is 18.8. The van der Waals surface area contributed by atoms with Crippen LogP contribution in [0, 0.1) is 5.82 Å². The molecule has 86 valence electrons. The van der Waals surface area contributed by atoms with Crippen molar-refractivity contribution in [2.24, 2.45) is 0 Å². The smallest absolute Gasteiger partial charge is 0.123 e. The molecular weight excluding hydrogens is 211 g/mol. The molecule has 1 aliphatic rings. The third-order valence-corrected chi connectivity index (χ3v) is 3.69. The highest BCUT2D eigenvalue weighted by molar-refractivity contribution is 5.33. The van der Waals surface area contributed by atoms with Gasteiger partial charge in [-0.3, -0.25) is 0 Å². The molecule has 2 aromatic rings. The molecule has 0 nitrogen and oxygen atoms in total. The Balaban J connectivity index is 1.86. The molecule has 0 aliphatic heterocycles. The summed E-state index contributed by atoms with van der Waals surface area (Å²) in [7, 11) is 0. The van der Waals surface area contributed by atoms with Crippen molar-refractivity contribution in [3.05, 3.63) is 71.0 Å². The fraction of sp³-hybridized carbons (Fsp3) is 0.250. The van der Waals surface area contributed by atoms with Gasteiger partial charge in [0.05, 0.1) is 0 Å². The number of hydrogen-bond donors (Lipinski definition) is 0. The predicted molar refractivity (Wildman–Crippen MR) is 67.6 cm³/mol. The van der Waals surface area contributed by atoms with Crippen molar-refractivity contribution in [2.45, 2.75) is 25.2 Å². The third kappa shape index (κ3) is 2.10. The molecule has 0 N–H and O–H groups in total. The summed E-state index contributed by atoms with van der Waals surface area (Å²) in [6.45, 7) is 0. The number of benzene rings is 2. The minimum Gasteiger partial charge on any atom is -0.207 e. The lowest BCUT2D eigenvalue weighted by atomic mass is 9.80. The SMILES string of the molecule is Fc1ccc(C2CCc3ccccc3C2)cc1. The zero-order valence-corrected chi connectivity index (χ0v) is 9.70. The van der Waals surface area contributed by atoms with E-state index in [1.807, 2.05) is 12.1 Å². The minimum absolute atomic E-state index is 0.148. The molecule has 0 saturated heterocycles. The van der Waals surface area contributed by atoms with Crippen molar-refractivity contribution in [3.63, 3.8) is 0 Å². The highest BCUT2D eigenvalue weighted by Gasteiger charge is 2.19. The Hall–Kier alpha value is -1.63. The van der Waals surface area contributed by atoms with Crippen LogP contribution in [0.2, 0.25) is 0 Å². The largest absolute Gasteiger partial charge is 0.207 e. The molecule has 2 aromatic carbocycles. The van der Waals surface area contributed by atoms with Gasteiger partial charge in [0.1, 0.15) is 5.82 Å².